The second-order valence-electron chi connectivity index (χ2n) is 1.51. The maximum absolute atomic E-state index is 11.3. The fourth-order valence-electron chi connectivity index (χ4n) is 0.290. The SMILES string of the molecule is O=C(OCCCF)C(F)F. The van der Waals surface area contributed by atoms with Crippen LogP contribution in [0.4, 0.5) is 13.2 Å². The lowest BCUT2D eigenvalue weighted by Gasteiger charge is -1.99. The Labute approximate surface area is 56.0 Å². The Morgan fingerprint density at radius 3 is 2.50 bits per heavy atom. The monoisotopic (exact) mass is 156 g/mol. The van der Waals surface area contributed by atoms with E-state index in [1.165, 1.54) is 0 Å². The van der Waals surface area contributed by atoms with Crippen molar-refractivity contribution >= 4 is 5.97 Å². The quantitative estimate of drug-likeness (QED) is 0.451. The normalized spacial score (nSPS) is 10.0. The third-order valence-corrected chi connectivity index (χ3v) is 0.700. The van der Waals surface area contributed by atoms with Crippen LogP contribution in [0.2, 0.25) is 0 Å². The maximum Gasteiger partial charge on any atom is 0.373 e. The molecule has 0 spiro atoms. The summed E-state index contributed by atoms with van der Waals surface area (Å²) >= 11 is 0. The molecular weight excluding hydrogens is 149 g/mol. The van der Waals surface area contributed by atoms with E-state index in [1.807, 2.05) is 0 Å². The van der Waals surface area contributed by atoms with Crippen molar-refractivity contribution in [2.45, 2.75) is 12.8 Å². The average molecular weight is 156 g/mol. The van der Waals surface area contributed by atoms with Crippen molar-refractivity contribution in [3.8, 4) is 0 Å². The molecule has 0 unspecified atom stereocenters. The van der Waals surface area contributed by atoms with Crippen LogP contribution in [-0.4, -0.2) is 25.7 Å². The Hall–Kier alpha value is -0.740. The zero-order valence-corrected chi connectivity index (χ0v) is 5.15. The van der Waals surface area contributed by atoms with Gasteiger partial charge >= 0.3 is 12.4 Å². The molecule has 5 heteroatoms. The summed E-state index contributed by atoms with van der Waals surface area (Å²) in [5.41, 5.74) is 0. The second-order valence-corrected chi connectivity index (χ2v) is 1.51. The first-order chi connectivity index (χ1) is 4.68. The Kier molecular flexibility index (Phi) is 4.70. The van der Waals surface area contributed by atoms with Gasteiger partial charge in [0.2, 0.25) is 0 Å². The first kappa shape index (κ1) is 9.26. The molecule has 0 bridgehead atoms. The van der Waals surface area contributed by atoms with Crippen LogP contribution in [0.5, 0.6) is 0 Å². The van der Waals surface area contributed by atoms with Gasteiger partial charge in [-0.25, -0.2) is 4.79 Å². The molecule has 0 N–H and O–H groups in total. The van der Waals surface area contributed by atoms with E-state index in [4.69, 9.17) is 0 Å². The number of alkyl halides is 3. The number of carbonyl (C=O) groups excluding carboxylic acids is 1. The molecule has 2 nitrogen and oxygen atoms in total. The topological polar surface area (TPSA) is 26.3 Å². The minimum atomic E-state index is -3.11. The van der Waals surface area contributed by atoms with Gasteiger partial charge in [0.1, 0.15) is 0 Å². The minimum Gasteiger partial charge on any atom is -0.461 e. The van der Waals surface area contributed by atoms with E-state index in [2.05, 4.69) is 4.74 Å². The third-order valence-electron chi connectivity index (χ3n) is 0.700. The number of halogens is 3. The molecule has 0 saturated heterocycles. The van der Waals surface area contributed by atoms with Crippen molar-refractivity contribution in [3.63, 3.8) is 0 Å². The second kappa shape index (κ2) is 5.08. The zero-order valence-electron chi connectivity index (χ0n) is 5.15. The van der Waals surface area contributed by atoms with Crippen LogP contribution in [0.1, 0.15) is 6.42 Å². The van der Waals surface area contributed by atoms with Gasteiger partial charge in [-0.3, -0.25) is 4.39 Å². The molecule has 0 aromatic heterocycles. The van der Waals surface area contributed by atoms with Crippen molar-refractivity contribution < 1.29 is 22.7 Å². The molecule has 0 saturated carbocycles. The van der Waals surface area contributed by atoms with Gasteiger partial charge in [-0.15, -0.1) is 0 Å². The molecule has 0 aromatic rings. The van der Waals surface area contributed by atoms with Crippen LogP contribution >= 0.6 is 0 Å². The summed E-state index contributed by atoms with van der Waals surface area (Å²) in [6, 6.07) is 0. The molecule has 0 fully saturated rings. The summed E-state index contributed by atoms with van der Waals surface area (Å²) in [6.45, 7) is -0.948. The molecule has 0 atom stereocenters. The molecule has 0 amide bonds. The Morgan fingerprint density at radius 1 is 1.50 bits per heavy atom. The van der Waals surface area contributed by atoms with Crippen molar-refractivity contribution in [2.24, 2.45) is 0 Å². The van der Waals surface area contributed by atoms with Gasteiger partial charge in [0.15, 0.2) is 0 Å². The Morgan fingerprint density at radius 2 is 2.10 bits per heavy atom. The molecule has 0 aliphatic carbocycles. The fourth-order valence-corrected chi connectivity index (χ4v) is 0.290. The van der Waals surface area contributed by atoms with Crippen molar-refractivity contribution in [3.05, 3.63) is 0 Å². The third kappa shape index (κ3) is 4.17. The van der Waals surface area contributed by atoms with Gasteiger partial charge in [-0.1, -0.05) is 0 Å². The maximum atomic E-state index is 11.3. The summed E-state index contributed by atoms with van der Waals surface area (Å²) in [5.74, 6) is -1.59. The number of rotatable bonds is 4. The zero-order chi connectivity index (χ0) is 7.98. The Balaban J connectivity index is 3.22. The number of hydrogen-bond acceptors (Lipinski definition) is 2. The molecule has 0 aliphatic heterocycles. The van der Waals surface area contributed by atoms with E-state index in [0.717, 1.165) is 0 Å². The number of hydrogen-bond donors (Lipinski definition) is 0. The summed E-state index contributed by atoms with van der Waals surface area (Å²) in [6.07, 6.45) is -3.14. The predicted molar refractivity (Wildman–Crippen MR) is 27.6 cm³/mol. The van der Waals surface area contributed by atoms with E-state index in [9.17, 15) is 18.0 Å². The Bertz CT molecular complexity index is 105. The standard InChI is InChI=1S/C5H7F3O2/c6-2-1-3-10-5(9)4(7)8/h4H,1-3H2. The van der Waals surface area contributed by atoms with Crippen LogP contribution in [-0.2, 0) is 9.53 Å². The minimum absolute atomic E-state index is 0.0293. The van der Waals surface area contributed by atoms with Crippen molar-refractivity contribution in [2.75, 3.05) is 13.3 Å². The van der Waals surface area contributed by atoms with Gasteiger partial charge < -0.3 is 4.74 Å². The smallest absolute Gasteiger partial charge is 0.373 e. The number of esters is 1. The van der Waals surface area contributed by atoms with E-state index >= 15 is 0 Å². The van der Waals surface area contributed by atoms with Crippen LogP contribution < -0.4 is 0 Å². The molecule has 0 aromatic carbocycles. The predicted octanol–water partition coefficient (Wildman–Crippen LogP) is 1.15. The highest BCUT2D eigenvalue weighted by molar-refractivity contribution is 5.72. The molecule has 0 heterocycles. The van der Waals surface area contributed by atoms with E-state index < -0.39 is 19.1 Å². The van der Waals surface area contributed by atoms with E-state index in [-0.39, 0.29) is 13.0 Å². The summed E-state index contributed by atoms with van der Waals surface area (Å²) in [5, 5.41) is 0. The average Bonchev–Trinajstić information content (AvgIpc) is 1.88. The summed E-state index contributed by atoms with van der Waals surface area (Å²) in [4.78, 5) is 9.92. The van der Waals surface area contributed by atoms with Crippen LogP contribution in [0.3, 0.4) is 0 Å². The molecule has 0 rings (SSSR count). The van der Waals surface area contributed by atoms with Crippen molar-refractivity contribution in [1.29, 1.82) is 0 Å². The number of ether oxygens (including phenoxy) is 1. The number of carbonyl (C=O) groups is 1. The highest BCUT2D eigenvalue weighted by atomic mass is 19.3. The fraction of sp³-hybridized carbons (Fsp3) is 0.800. The first-order valence-electron chi connectivity index (χ1n) is 2.69. The lowest BCUT2D eigenvalue weighted by molar-refractivity contribution is -0.156. The van der Waals surface area contributed by atoms with Crippen LogP contribution in [0.15, 0.2) is 0 Å². The van der Waals surface area contributed by atoms with Gasteiger partial charge in [-0.2, -0.15) is 8.78 Å². The van der Waals surface area contributed by atoms with E-state index in [1.54, 1.807) is 0 Å². The molecule has 0 radical (unpaired) electrons. The first-order valence-corrected chi connectivity index (χ1v) is 2.69. The van der Waals surface area contributed by atoms with E-state index in [0.29, 0.717) is 0 Å². The largest absolute Gasteiger partial charge is 0.461 e. The molecule has 60 valence electrons. The highest BCUT2D eigenvalue weighted by Gasteiger charge is 2.15. The van der Waals surface area contributed by atoms with Crippen LogP contribution in [0, 0.1) is 0 Å². The lowest BCUT2D eigenvalue weighted by Crippen LogP contribution is -2.14. The molecule has 0 aliphatic rings. The van der Waals surface area contributed by atoms with Crippen LogP contribution in [0.25, 0.3) is 0 Å². The van der Waals surface area contributed by atoms with Gasteiger partial charge in [0, 0.05) is 6.42 Å². The van der Waals surface area contributed by atoms with Gasteiger partial charge in [-0.05, 0) is 0 Å². The molecular formula is C5H7F3O2. The highest BCUT2D eigenvalue weighted by Crippen LogP contribution is 1.96. The van der Waals surface area contributed by atoms with Gasteiger partial charge in [0.25, 0.3) is 0 Å². The summed E-state index contributed by atoms with van der Waals surface area (Å²) in [7, 11) is 0. The lowest BCUT2D eigenvalue weighted by atomic mass is 10.5. The molecule has 10 heavy (non-hydrogen) atoms. The van der Waals surface area contributed by atoms with Gasteiger partial charge in [0.05, 0.1) is 13.3 Å². The van der Waals surface area contributed by atoms with Crippen molar-refractivity contribution in [1.82, 2.24) is 0 Å². The summed E-state index contributed by atoms with van der Waals surface area (Å²) < 4.78 is 37.8.